The van der Waals surface area contributed by atoms with Crippen molar-refractivity contribution in [1.82, 2.24) is 14.8 Å². The predicted octanol–water partition coefficient (Wildman–Crippen LogP) is 3.28. The van der Waals surface area contributed by atoms with Crippen molar-refractivity contribution >= 4 is 28.3 Å². The number of amides is 2. The minimum absolute atomic E-state index is 0.0195. The van der Waals surface area contributed by atoms with E-state index in [1.165, 1.54) is 16.9 Å². The van der Waals surface area contributed by atoms with E-state index in [1.807, 2.05) is 46.1 Å². The van der Waals surface area contributed by atoms with Crippen LogP contribution in [-0.2, 0) is 9.59 Å². The maximum atomic E-state index is 13.1. The molecule has 1 heterocycles. The molecule has 1 aromatic heterocycles. The lowest BCUT2D eigenvalue weighted by molar-refractivity contribution is -0.136. The van der Waals surface area contributed by atoms with Gasteiger partial charge in [0.1, 0.15) is 0 Å². The van der Waals surface area contributed by atoms with Crippen LogP contribution in [0.15, 0.2) is 30.3 Å². The number of benzene rings is 1. The summed E-state index contributed by atoms with van der Waals surface area (Å²) in [6, 6.07) is 10.2. The lowest BCUT2D eigenvalue weighted by Crippen LogP contribution is -2.40. The summed E-state index contributed by atoms with van der Waals surface area (Å²) in [7, 11) is 4.02. The van der Waals surface area contributed by atoms with Gasteiger partial charge in [-0.25, -0.2) is 4.98 Å². The fourth-order valence-corrected chi connectivity index (χ4v) is 4.31. The standard InChI is InChI=1S/C22H30N4O2S/c1-15-16(2)29-22(23-15)24-20(27)14-26(12-8-11-25(3)4)21(28)19-13-18(19)17-9-6-5-7-10-17/h5-7,9-10,18-19H,8,11-14H2,1-4H3,(H,23,24,27)/t18-,19+/m0/s1. The van der Waals surface area contributed by atoms with Gasteiger partial charge in [-0.1, -0.05) is 30.3 Å². The smallest absolute Gasteiger partial charge is 0.245 e. The van der Waals surface area contributed by atoms with E-state index in [2.05, 4.69) is 27.3 Å². The van der Waals surface area contributed by atoms with Gasteiger partial charge < -0.3 is 15.1 Å². The van der Waals surface area contributed by atoms with Gasteiger partial charge in [0.05, 0.1) is 12.2 Å². The highest BCUT2D eigenvalue weighted by Crippen LogP contribution is 2.48. The van der Waals surface area contributed by atoms with E-state index in [1.54, 1.807) is 4.90 Å². The van der Waals surface area contributed by atoms with Gasteiger partial charge in [0.2, 0.25) is 11.8 Å². The molecule has 1 N–H and O–H groups in total. The molecule has 1 aliphatic rings. The molecule has 1 aromatic carbocycles. The van der Waals surface area contributed by atoms with Crippen molar-refractivity contribution in [1.29, 1.82) is 0 Å². The highest BCUT2D eigenvalue weighted by atomic mass is 32.1. The Morgan fingerprint density at radius 2 is 1.90 bits per heavy atom. The van der Waals surface area contributed by atoms with Crippen LogP contribution < -0.4 is 5.32 Å². The number of carbonyl (C=O) groups is 2. The Balaban J connectivity index is 1.62. The van der Waals surface area contributed by atoms with Crippen LogP contribution in [0.1, 0.15) is 34.9 Å². The van der Waals surface area contributed by atoms with Gasteiger partial charge in [-0.05, 0) is 58.8 Å². The number of carbonyl (C=O) groups excluding carboxylic acids is 2. The zero-order chi connectivity index (χ0) is 21.0. The Kier molecular flexibility index (Phi) is 7.03. The van der Waals surface area contributed by atoms with Gasteiger partial charge in [-0.3, -0.25) is 9.59 Å². The molecule has 0 unspecified atom stereocenters. The Morgan fingerprint density at radius 3 is 2.52 bits per heavy atom. The fourth-order valence-electron chi connectivity index (χ4n) is 3.47. The molecule has 0 saturated heterocycles. The molecule has 2 aromatic rings. The van der Waals surface area contributed by atoms with Gasteiger partial charge in [0.15, 0.2) is 5.13 Å². The minimum Gasteiger partial charge on any atom is -0.333 e. The van der Waals surface area contributed by atoms with Crippen molar-refractivity contribution in [3.8, 4) is 0 Å². The second-order valence-corrected chi connectivity index (χ2v) is 9.19. The molecule has 1 saturated carbocycles. The molecule has 2 atom stereocenters. The molecule has 0 bridgehead atoms. The number of thiazole rings is 1. The van der Waals surface area contributed by atoms with E-state index in [0.29, 0.717) is 11.7 Å². The summed E-state index contributed by atoms with van der Waals surface area (Å²) < 4.78 is 0. The van der Waals surface area contributed by atoms with Crippen LogP contribution in [0.4, 0.5) is 5.13 Å². The summed E-state index contributed by atoms with van der Waals surface area (Å²) in [6.07, 6.45) is 1.70. The molecule has 29 heavy (non-hydrogen) atoms. The number of aryl methyl sites for hydroxylation is 2. The van der Waals surface area contributed by atoms with Crippen LogP contribution in [0.5, 0.6) is 0 Å². The molecule has 7 heteroatoms. The number of rotatable bonds is 9. The van der Waals surface area contributed by atoms with E-state index < -0.39 is 0 Å². The first-order valence-electron chi connectivity index (χ1n) is 10.1. The summed E-state index contributed by atoms with van der Waals surface area (Å²) in [6.45, 7) is 5.44. The number of hydrogen-bond donors (Lipinski definition) is 1. The number of aromatic nitrogens is 1. The highest BCUT2D eigenvalue weighted by Gasteiger charge is 2.45. The van der Waals surface area contributed by atoms with E-state index in [9.17, 15) is 9.59 Å². The first kappa shape index (κ1) is 21.5. The summed E-state index contributed by atoms with van der Waals surface area (Å²) in [5, 5.41) is 3.45. The second-order valence-electron chi connectivity index (χ2n) is 7.98. The van der Waals surface area contributed by atoms with Crippen molar-refractivity contribution in [2.75, 3.05) is 39.0 Å². The topological polar surface area (TPSA) is 65.5 Å². The summed E-state index contributed by atoms with van der Waals surface area (Å²) in [4.78, 5) is 35.0. The lowest BCUT2D eigenvalue weighted by Gasteiger charge is -2.23. The lowest BCUT2D eigenvalue weighted by atomic mass is 10.1. The van der Waals surface area contributed by atoms with Gasteiger partial charge in [0.25, 0.3) is 0 Å². The van der Waals surface area contributed by atoms with Crippen LogP contribution in [-0.4, -0.2) is 60.3 Å². The van der Waals surface area contributed by atoms with Crippen LogP contribution in [0.2, 0.25) is 0 Å². The maximum Gasteiger partial charge on any atom is 0.245 e. The molecule has 156 valence electrons. The summed E-state index contributed by atoms with van der Waals surface area (Å²) in [5.74, 6) is 0.148. The number of nitrogens with zero attached hydrogens (tertiary/aromatic N) is 3. The summed E-state index contributed by atoms with van der Waals surface area (Å²) >= 11 is 1.46. The van der Waals surface area contributed by atoms with Gasteiger partial charge >= 0.3 is 0 Å². The fraction of sp³-hybridized carbons (Fsp3) is 0.500. The Morgan fingerprint density at radius 1 is 1.17 bits per heavy atom. The third-order valence-corrected chi connectivity index (χ3v) is 6.28. The predicted molar refractivity (Wildman–Crippen MR) is 117 cm³/mol. The molecular formula is C22H30N4O2S. The van der Waals surface area contributed by atoms with E-state index in [4.69, 9.17) is 0 Å². The zero-order valence-electron chi connectivity index (χ0n) is 17.6. The second kappa shape index (κ2) is 9.50. The molecule has 1 fully saturated rings. The summed E-state index contributed by atoms with van der Waals surface area (Å²) in [5.41, 5.74) is 2.13. The molecule has 2 amide bonds. The maximum absolute atomic E-state index is 13.1. The largest absolute Gasteiger partial charge is 0.333 e. The van der Waals surface area contributed by atoms with Crippen molar-refractivity contribution in [3.05, 3.63) is 46.5 Å². The number of anilines is 1. The van der Waals surface area contributed by atoms with E-state index in [0.717, 1.165) is 30.0 Å². The first-order valence-corrected chi connectivity index (χ1v) is 10.9. The van der Waals surface area contributed by atoms with Gasteiger partial charge in [-0.15, -0.1) is 11.3 Å². The van der Waals surface area contributed by atoms with E-state index in [-0.39, 0.29) is 30.2 Å². The molecule has 0 aliphatic heterocycles. The van der Waals surface area contributed by atoms with Crippen molar-refractivity contribution < 1.29 is 9.59 Å². The van der Waals surface area contributed by atoms with Gasteiger partial charge in [0, 0.05) is 17.3 Å². The third kappa shape index (κ3) is 5.87. The van der Waals surface area contributed by atoms with E-state index >= 15 is 0 Å². The molecule has 3 rings (SSSR count). The van der Waals surface area contributed by atoms with Crippen LogP contribution in [0.3, 0.4) is 0 Å². The normalized spacial score (nSPS) is 18.0. The molecule has 1 aliphatic carbocycles. The van der Waals surface area contributed by atoms with Crippen molar-refractivity contribution in [3.63, 3.8) is 0 Å². The van der Waals surface area contributed by atoms with Crippen molar-refractivity contribution in [2.45, 2.75) is 32.6 Å². The molecule has 0 radical (unpaired) electrons. The molecular weight excluding hydrogens is 384 g/mol. The van der Waals surface area contributed by atoms with Gasteiger partial charge in [-0.2, -0.15) is 0 Å². The Bertz CT molecular complexity index is 830. The van der Waals surface area contributed by atoms with Crippen LogP contribution in [0, 0.1) is 19.8 Å². The average molecular weight is 415 g/mol. The molecule has 0 spiro atoms. The molecule has 6 nitrogen and oxygen atoms in total. The Hall–Kier alpha value is -2.25. The highest BCUT2D eigenvalue weighted by molar-refractivity contribution is 7.15. The quantitative estimate of drug-likeness (QED) is 0.684. The monoisotopic (exact) mass is 414 g/mol. The number of nitrogens with one attached hydrogen (secondary N) is 1. The van der Waals surface area contributed by atoms with Crippen molar-refractivity contribution in [2.24, 2.45) is 5.92 Å². The van der Waals surface area contributed by atoms with Crippen LogP contribution >= 0.6 is 11.3 Å². The minimum atomic E-state index is -0.186. The average Bonchev–Trinajstić information content (AvgIpc) is 3.41. The van der Waals surface area contributed by atoms with Crippen LogP contribution in [0.25, 0.3) is 0 Å². The third-order valence-electron chi connectivity index (χ3n) is 5.29. The number of hydrogen-bond acceptors (Lipinski definition) is 5. The zero-order valence-corrected chi connectivity index (χ0v) is 18.5. The first-order chi connectivity index (χ1) is 13.8. The SMILES string of the molecule is Cc1nc(NC(=O)CN(CCCN(C)C)C(=O)[C@@H]2C[C@H]2c2ccccc2)sc1C. The Labute approximate surface area is 176 Å².